The van der Waals surface area contributed by atoms with Crippen molar-refractivity contribution < 1.29 is 23.8 Å². The molecule has 0 saturated heterocycles. The van der Waals surface area contributed by atoms with E-state index in [1.807, 2.05) is 31.2 Å². The summed E-state index contributed by atoms with van der Waals surface area (Å²) in [4.78, 5) is 24.2. The lowest BCUT2D eigenvalue weighted by Gasteiger charge is -2.15. The van der Waals surface area contributed by atoms with Crippen LogP contribution in [0.25, 0.3) is 6.08 Å². The number of fused-ring (bicyclic) bond motifs is 1. The number of aryl methyl sites for hydroxylation is 1. The molecule has 1 amide bonds. The highest BCUT2D eigenvalue weighted by Gasteiger charge is 2.18. The number of rotatable bonds is 6. The first-order valence-electron chi connectivity index (χ1n) is 9.01. The molecule has 148 valence electrons. The van der Waals surface area contributed by atoms with Crippen LogP contribution in [0.3, 0.4) is 0 Å². The average Bonchev–Trinajstić information content (AvgIpc) is 3.19. The highest BCUT2D eigenvalue weighted by Crippen LogP contribution is 2.34. The highest BCUT2D eigenvalue weighted by molar-refractivity contribution is 5.98. The van der Waals surface area contributed by atoms with Crippen molar-refractivity contribution in [1.29, 1.82) is 5.26 Å². The van der Waals surface area contributed by atoms with Crippen molar-refractivity contribution >= 4 is 18.0 Å². The Balaban J connectivity index is 1.54. The van der Waals surface area contributed by atoms with Gasteiger partial charge in [0.15, 0.2) is 18.1 Å². The van der Waals surface area contributed by atoms with Gasteiger partial charge in [-0.3, -0.25) is 4.79 Å². The fourth-order valence-electron chi connectivity index (χ4n) is 2.72. The quantitative estimate of drug-likeness (QED) is 0.461. The molecule has 29 heavy (non-hydrogen) atoms. The summed E-state index contributed by atoms with van der Waals surface area (Å²) in [5.74, 6) is -0.0457. The summed E-state index contributed by atoms with van der Waals surface area (Å²) in [7, 11) is 0. The smallest absolute Gasteiger partial charge is 0.349 e. The van der Waals surface area contributed by atoms with E-state index in [0.717, 1.165) is 11.1 Å². The van der Waals surface area contributed by atoms with Crippen molar-refractivity contribution in [2.24, 2.45) is 0 Å². The lowest BCUT2D eigenvalue weighted by atomic mass is 10.1. The first-order chi connectivity index (χ1) is 14.0. The van der Waals surface area contributed by atoms with Gasteiger partial charge in [-0.05, 0) is 43.2 Å². The van der Waals surface area contributed by atoms with Gasteiger partial charge in [0.2, 0.25) is 6.79 Å². The lowest BCUT2D eigenvalue weighted by Crippen LogP contribution is -2.31. The molecule has 0 aliphatic carbocycles. The van der Waals surface area contributed by atoms with Gasteiger partial charge in [0.05, 0.1) is 6.04 Å². The number of amides is 1. The zero-order chi connectivity index (χ0) is 20.8. The molecule has 0 fully saturated rings. The number of nitriles is 1. The fourth-order valence-corrected chi connectivity index (χ4v) is 2.72. The first kappa shape index (κ1) is 20.0. The van der Waals surface area contributed by atoms with Gasteiger partial charge in [-0.15, -0.1) is 0 Å². The molecule has 1 N–H and O–H groups in total. The van der Waals surface area contributed by atoms with Crippen LogP contribution in [-0.4, -0.2) is 25.3 Å². The minimum absolute atomic E-state index is 0.173. The Morgan fingerprint density at radius 1 is 1.21 bits per heavy atom. The molecule has 7 nitrogen and oxygen atoms in total. The number of carbonyl (C=O) groups is 2. The molecular weight excluding hydrogens is 372 g/mol. The van der Waals surface area contributed by atoms with Gasteiger partial charge in [-0.1, -0.05) is 35.9 Å². The Morgan fingerprint density at radius 3 is 2.66 bits per heavy atom. The molecule has 1 atom stereocenters. The van der Waals surface area contributed by atoms with Crippen molar-refractivity contribution in [2.45, 2.75) is 19.9 Å². The standard InChI is InChI=1S/C22H20N2O5/c1-14-3-5-16(6-4-14)9-18(11-23)22(26)27-12-21(25)24-15(2)17-7-8-19-20(10-17)29-13-28-19/h3-10,15H,12-13H2,1-2H3,(H,24,25)/b18-9+/t15-/m0/s1. The summed E-state index contributed by atoms with van der Waals surface area (Å²) in [6.45, 7) is 3.43. The molecule has 1 aliphatic heterocycles. The largest absolute Gasteiger partial charge is 0.454 e. The number of carbonyl (C=O) groups excluding carboxylic acids is 2. The zero-order valence-corrected chi connectivity index (χ0v) is 16.1. The van der Waals surface area contributed by atoms with Crippen LogP contribution >= 0.6 is 0 Å². The SMILES string of the molecule is Cc1ccc(/C=C(\C#N)C(=O)OCC(=O)N[C@@H](C)c2ccc3c(c2)OCO3)cc1. The molecule has 1 aliphatic rings. The van der Waals surface area contributed by atoms with Crippen LogP contribution in [0.15, 0.2) is 48.0 Å². The van der Waals surface area contributed by atoms with Crippen molar-refractivity contribution in [3.63, 3.8) is 0 Å². The normalized spacial score (nSPS) is 13.3. The molecular formula is C22H20N2O5. The van der Waals surface area contributed by atoms with E-state index < -0.39 is 18.5 Å². The van der Waals surface area contributed by atoms with Crippen molar-refractivity contribution in [3.8, 4) is 17.6 Å². The minimum Gasteiger partial charge on any atom is -0.454 e. The Kier molecular flexibility index (Phi) is 6.15. The third kappa shape index (κ3) is 5.14. The van der Waals surface area contributed by atoms with Crippen LogP contribution < -0.4 is 14.8 Å². The number of hydrogen-bond donors (Lipinski definition) is 1. The summed E-state index contributed by atoms with van der Waals surface area (Å²) in [5, 5.41) is 11.9. The maximum atomic E-state index is 12.1. The average molecular weight is 392 g/mol. The van der Waals surface area contributed by atoms with Crippen LogP contribution in [0.4, 0.5) is 0 Å². The second-order valence-electron chi connectivity index (χ2n) is 6.56. The molecule has 0 bridgehead atoms. The van der Waals surface area contributed by atoms with Crippen LogP contribution in [0.1, 0.15) is 29.7 Å². The molecule has 1 heterocycles. The van der Waals surface area contributed by atoms with Crippen LogP contribution in [0, 0.1) is 18.3 Å². The fraction of sp³-hybridized carbons (Fsp3) is 0.227. The van der Waals surface area contributed by atoms with Gasteiger partial charge in [0, 0.05) is 0 Å². The topological polar surface area (TPSA) is 97.7 Å². The number of hydrogen-bond acceptors (Lipinski definition) is 6. The van der Waals surface area contributed by atoms with Gasteiger partial charge in [0.1, 0.15) is 11.6 Å². The summed E-state index contributed by atoms with van der Waals surface area (Å²) in [6.07, 6.45) is 1.43. The molecule has 7 heteroatoms. The number of esters is 1. The Morgan fingerprint density at radius 2 is 1.93 bits per heavy atom. The monoisotopic (exact) mass is 392 g/mol. The number of nitrogens with zero attached hydrogens (tertiary/aromatic N) is 1. The predicted octanol–water partition coefficient (Wildman–Crippen LogP) is 3.05. The second kappa shape index (κ2) is 8.93. The van der Waals surface area contributed by atoms with Crippen molar-refractivity contribution in [2.75, 3.05) is 13.4 Å². The molecule has 0 aromatic heterocycles. The molecule has 0 radical (unpaired) electrons. The highest BCUT2D eigenvalue weighted by atomic mass is 16.7. The minimum atomic E-state index is -0.848. The summed E-state index contributed by atoms with van der Waals surface area (Å²) < 4.78 is 15.6. The Labute approximate surface area is 168 Å². The zero-order valence-electron chi connectivity index (χ0n) is 16.1. The summed E-state index contributed by atoms with van der Waals surface area (Å²) in [6, 6.07) is 14.2. The van der Waals surface area contributed by atoms with Gasteiger partial charge < -0.3 is 19.5 Å². The first-order valence-corrected chi connectivity index (χ1v) is 9.01. The van der Waals surface area contributed by atoms with Gasteiger partial charge >= 0.3 is 5.97 Å². The van der Waals surface area contributed by atoms with E-state index in [1.54, 1.807) is 31.2 Å². The van der Waals surface area contributed by atoms with E-state index in [2.05, 4.69) is 5.32 Å². The Bertz CT molecular complexity index is 989. The van der Waals surface area contributed by atoms with Gasteiger partial charge in [0.25, 0.3) is 5.91 Å². The summed E-state index contributed by atoms with van der Waals surface area (Å²) in [5.41, 5.74) is 2.41. The van der Waals surface area contributed by atoms with Gasteiger partial charge in [-0.25, -0.2) is 4.79 Å². The van der Waals surface area contributed by atoms with Crippen molar-refractivity contribution in [3.05, 3.63) is 64.7 Å². The maximum absolute atomic E-state index is 12.1. The number of nitrogens with one attached hydrogen (secondary N) is 1. The third-order valence-electron chi connectivity index (χ3n) is 4.34. The van der Waals surface area contributed by atoms with E-state index in [1.165, 1.54) is 6.08 Å². The van der Waals surface area contributed by atoms with Crippen LogP contribution in [0.5, 0.6) is 11.5 Å². The predicted molar refractivity (Wildman–Crippen MR) is 105 cm³/mol. The lowest BCUT2D eigenvalue weighted by molar-refractivity contribution is -0.144. The molecule has 0 spiro atoms. The second-order valence-corrected chi connectivity index (χ2v) is 6.56. The van der Waals surface area contributed by atoms with Crippen LogP contribution in [0.2, 0.25) is 0 Å². The van der Waals surface area contributed by atoms with Crippen LogP contribution in [-0.2, 0) is 14.3 Å². The Hall–Kier alpha value is -3.79. The van der Waals surface area contributed by atoms with E-state index in [-0.39, 0.29) is 18.4 Å². The third-order valence-corrected chi connectivity index (χ3v) is 4.34. The van der Waals surface area contributed by atoms with E-state index in [0.29, 0.717) is 17.1 Å². The van der Waals surface area contributed by atoms with Crippen molar-refractivity contribution in [1.82, 2.24) is 5.32 Å². The van der Waals surface area contributed by atoms with E-state index >= 15 is 0 Å². The molecule has 3 rings (SSSR count). The molecule has 0 unspecified atom stereocenters. The number of ether oxygens (including phenoxy) is 3. The molecule has 2 aromatic carbocycles. The maximum Gasteiger partial charge on any atom is 0.349 e. The molecule has 0 saturated carbocycles. The van der Waals surface area contributed by atoms with Gasteiger partial charge in [-0.2, -0.15) is 5.26 Å². The number of benzene rings is 2. The molecule has 2 aromatic rings. The summed E-state index contributed by atoms with van der Waals surface area (Å²) >= 11 is 0. The van der Waals surface area contributed by atoms with E-state index in [4.69, 9.17) is 14.2 Å². The van der Waals surface area contributed by atoms with E-state index in [9.17, 15) is 14.9 Å².